The van der Waals surface area contributed by atoms with Gasteiger partial charge in [0.1, 0.15) is 0 Å². The van der Waals surface area contributed by atoms with Crippen molar-refractivity contribution in [3.05, 3.63) is 174 Å². The van der Waals surface area contributed by atoms with Crippen LogP contribution in [0.3, 0.4) is 0 Å². The molecule has 0 radical (unpaired) electrons. The van der Waals surface area contributed by atoms with E-state index in [0.717, 1.165) is 6.42 Å². The summed E-state index contributed by atoms with van der Waals surface area (Å²) < 4.78 is 2.42. The number of hydrogen-bond acceptors (Lipinski definition) is 0. The lowest BCUT2D eigenvalue weighted by molar-refractivity contribution is 0.575. The summed E-state index contributed by atoms with van der Waals surface area (Å²) in [5.74, 6) is 0.933. The second-order valence-electron chi connectivity index (χ2n) is 13.3. The Bertz CT molecular complexity index is 2510. The molecule has 10 rings (SSSR count). The molecule has 1 nitrogen and oxygen atoms in total. The van der Waals surface area contributed by atoms with Gasteiger partial charge in [-0.2, -0.15) is 0 Å². The molecular weight excluding hydrogens is 567 g/mol. The minimum absolute atomic E-state index is 0.458. The van der Waals surface area contributed by atoms with E-state index in [4.69, 9.17) is 0 Å². The fraction of sp³-hybridized carbons (Fsp3) is 0.0870. The summed E-state index contributed by atoms with van der Waals surface area (Å²) >= 11 is 0. The van der Waals surface area contributed by atoms with Gasteiger partial charge in [-0.25, -0.2) is 0 Å². The van der Waals surface area contributed by atoms with Crippen molar-refractivity contribution in [3.8, 4) is 50.2 Å². The lowest BCUT2D eigenvalue weighted by Gasteiger charge is -2.31. The Morgan fingerprint density at radius 2 is 1.11 bits per heavy atom. The quantitative estimate of drug-likeness (QED) is 0.190. The van der Waals surface area contributed by atoms with E-state index in [1.165, 1.54) is 88.7 Å². The second kappa shape index (κ2) is 10.2. The van der Waals surface area contributed by atoms with E-state index in [1.54, 1.807) is 0 Å². The van der Waals surface area contributed by atoms with Crippen molar-refractivity contribution < 1.29 is 0 Å². The largest absolute Gasteiger partial charge is 0.309 e. The van der Waals surface area contributed by atoms with Crippen LogP contribution in [0.4, 0.5) is 0 Å². The molecule has 0 amide bonds. The molecule has 2 aliphatic rings. The summed E-state index contributed by atoms with van der Waals surface area (Å²) in [4.78, 5) is 0. The molecule has 1 aromatic heterocycles. The van der Waals surface area contributed by atoms with Gasteiger partial charge in [0.25, 0.3) is 0 Å². The maximum Gasteiger partial charge on any atom is 0.0541 e. The van der Waals surface area contributed by atoms with E-state index in [-0.39, 0.29) is 0 Å². The highest BCUT2D eigenvalue weighted by atomic mass is 15.0. The second-order valence-corrected chi connectivity index (χ2v) is 13.3. The Kier molecular flexibility index (Phi) is 5.75. The highest BCUT2D eigenvalue weighted by molar-refractivity contribution is 6.10. The van der Waals surface area contributed by atoms with Crippen molar-refractivity contribution in [3.63, 3.8) is 0 Å². The monoisotopic (exact) mass is 599 g/mol. The molecule has 1 heteroatoms. The van der Waals surface area contributed by atoms with Crippen LogP contribution in [0.15, 0.2) is 158 Å². The van der Waals surface area contributed by atoms with Crippen molar-refractivity contribution in [1.29, 1.82) is 0 Å². The van der Waals surface area contributed by atoms with Crippen molar-refractivity contribution in [2.75, 3.05) is 0 Å². The van der Waals surface area contributed by atoms with E-state index in [2.05, 4.69) is 169 Å². The lowest BCUT2D eigenvalue weighted by Crippen LogP contribution is -2.15. The predicted molar refractivity (Wildman–Crippen MR) is 197 cm³/mol. The van der Waals surface area contributed by atoms with Gasteiger partial charge < -0.3 is 4.57 Å². The maximum atomic E-state index is 2.47. The molecule has 8 aromatic rings. The van der Waals surface area contributed by atoms with Crippen LogP contribution in [0.2, 0.25) is 0 Å². The summed E-state index contributed by atoms with van der Waals surface area (Å²) in [6.45, 7) is 2.43. The molecule has 1 heterocycles. The smallest absolute Gasteiger partial charge is 0.0541 e. The van der Waals surface area contributed by atoms with Crippen molar-refractivity contribution in [1.82, 2.24) is 4.57 Å². The summed E-state index contributed by atoms with van der Waals surface area (Å²) in [5.41, 5.74) is 18.7. The molecule has 0 saturated heterocycles. The molecule has 0 spiro atoms. The Labute approximate surface area is 275 Å². The van der Waals surface area contributed by atoms with Crippen LogP contribution >= 0.6 is 0 Å². The van der Waals surface area contributed by atoms with Gasteiger partial charge in [-0.3, -0.25) is 0 Å². The topological polar surface area (TPSA) is 4.93 Å². The first-order valence-corrected chi connectivity index (χ1v) is 16.8. The predicted octanol–water partition coefficient (Wildman–Crippen LogP) is 12.2. The van der Waals surface area contributed by atoms with Gasteiger partial charge in [0, 0.05) is 16.5 Å². The van der Waals surface area contributed by atoms with Crippen LogP contribution in [-0.2, 0) is 6.42 Å². The van der Waals surface area contributed by atoms with Crippen LogP contribution in [0.5, 0.6) is 0 Å². The molecule has 0 aliphatic heterocycles. The van der Waals surface area contributed by atoms with E-state index in [0.29, 0.717) is 11.8 Å². The van der Waals surface area contributed by atoms with E-state index in [9.17, 15) is 0 Å². The number of aromatic nitrogens is 1. The van der Waals surface area contributed by atoms with Gasteiger partial charge in [0.2, 0.25) is 0 Å². The number of benzene rings is 7. The van der Waals surface area contributed by atoms with Gasteiger partial charge in [-0.1, -0.05) is 128 Å². The molecule has 222 valence electrons. The average Bonchev–Trinajstić information content (AvgIpc) is 3.42. The Balaban J connectivity index is 1.13. The minimum atomic E-state index is 0.458. The molecule has 47 heavy (non-hydrogen) atoms. The molecule has 0 fully saturated rings. The van der Waals surface area contributed by atoms with Crippen LogP contribution in [0, 0.1) is 0 Å². The molecule has 2 atom stereocenters. The minimum Gasteiger partial charge on any atom is -0.309 e. The van der Waals surface area contributed by atoms with Crippen LogP contribution in [0.1, 0.15) is 35.4 Å². The van der Waals surface area contributed by atoms with Gasteiger partial charge in [-0.15, -0.1) is 0 Å². The van der Waals surface area contributed by atoms with Crippen molar-refractivity contribution >= 4 is 21.8 Å². The first-order valence-electron chi connectivity index (χ1n) is 16.8. The van der Waals surface area contributed by atoms with E-state index >= 15 is 0 Å². The van der Waals surface area contributed by atoms with E-state index in [1.807, 2.05) is 0 Å². The highest BCUT2D eigenvalue weighted by Gasteiger charge is 2.35. The Morgan fingerprint density at radius 3 is 2.02 bits per heavy atom. The third kappa shape index (κ3) is 3.96. The number of fused-ring (bicyclic) bond motifs is 9. The van der Waals surface area contributed by atoms with Crippen LogP contribution in [-0.4, -0.2) is 4.57 Å². The Hall–Kier alpha value is -5.66. The van der Waals surface area contributed by atoms with Crippen molar-refractivity contribution in [2.45, 2.75) is 25.2 Å². The molecule has 2 bridgehead atoms. The normalized spacial score (nSPS) is 16.1. The van der Waals surface area contributed by atoms with Crippen LogP contribution in [0.25, 0.3) is 72.0 Å². The average molecular weight is 600 g/mol. The number of rotatable bonds is 3. The Morgan fingerprint density at radius 1 is 0.447 bits per heavy atom. The molecular formula is C46H33N. The molecule has 2 unspecified atom stereocenters. The zero-order valence-corrected chi connectivity index (χ0v) is 26.3. The molecule has 2 aliphatic carbocycles. The summed E-state index contributed by atoms with van der Waals surface area (Å²) in [6, 6.07) is 58.7. The number of hydrogen-bond donors (Lipinski definition) is 0. The first-order chi connectivity index (χ1) is 23.2. The molecule has 0 N–H and O–H groups in total. The summed E-state index contributed by atoms with van der Waals surface area (Å²) in [6.07, 6.45) is 1.10. The molecule has 0 saturated carbocycles. The SMILES string of the molecule is CC1c2ccccc2-c2cccc3c2CC1c1ccc(-c2ccc4c(c2)c2ccccc2n4-c2cccc(-c4ccccc4)c2)cc1-3. The first kappa shape index (κ1) is 26.5. The summed E-state index contributed by atoms with van der Waals surface area (Å²) in [7, 11) is 0. The number of para-hydroxylation sites is 1. The van der Waals surface area contributed by atoms with Crippen molar-refractivity contribution in [2.24, 2.45) is 0 Å². The third-order valence-corrected chi connectivity index (χ3v) is 10.9. The fourth-order valence-electron chi connectivity index (χ4n) is 8.62. The standard InChI is InChI=1S/C46H33N/c1-29-35-15-5-6-16-36(35)37-18-10-19-38-42-26-32(21-23-39(42)41(29)28-43(37)38)33-22-24-46-44(27-33)40-17-7-8-20-45(40)47(46)34-14-9-13-31(25-34)30-11-3-2-4-12-30/h2-27,29,41H,28H2,1H3. The van der Waals surface area contributed by atoms with Gasteiger partial charge >= 0.3 is 0 Å². The third-order valence-electron chi connectivity index (χ3n) is 10.9. The maximum absolute atomic E-state index is 2.47. The zero-order valence-electron chi connectivity index (χ0n) is 26.3. The van der Waals surface area contributed by atoms with Crippen LogP contribution < -0.4 is 0 Å². The number of nitrogens with zero attached hydrogens (tertiary/aromatic N) is 1. The zero-order chi connectivity index (χ0) is 31.1. The van der Waals surface area contributed by atoms with Gasteiger partial charge in [0.05, 0.1) is 11.0 Å². The lowest BCUT2D eigenvalue weighted by atomic mass is 9.72. The molecule has 7 aromatic carbocycles. The van der Waals surface area contributed by atoms with E-state index < -0.39 is 0 Å². The van der Waals surface area contributed by atoms with Gasteiger partial charge in [-0.05, 0) is 116 Å². The highest BCUT2D eigenvalue weighted by Crippen LogP contribution is 2.53. The fourth-order valence-corrected chi connectivity index (χ4v) is 8.62. The van der Waals surface area contributed by atoms with Gasteiger partial charge in [0.15, 0.2) is 0 Å². The summed E-state index contributed by atoms with van der Waals surface area (Å²) in [5, 5.41) is 2.56.